The first-order valence-electron chi connectivity index (χ1n) is 7.02. The molecule has 0 unspecified atom stereocenters. The largest absolute Gasteiger partial charge is 0.493 e. The van der Waals surface area contributed by atoms with Crippen molar-refractivity contribution in [3.8, 4) is 11.9 Å². The van der Waals surface area contributed by atoms with E-state index in [4.69, 9.17) is 23.2 Å². The molecule has 2 aromatic rings. The summed E-state index contributed by atoms with van der Waals surface area (Å²) < 4.78 is 1.10. The van der Waals surface area contributed by atoms with Crippen LogP contribution in [-0.2, 0) is 0 Å². The Kier molecular flexibility index (Phi) is 5.27. The van der Waals surface area contributed by atoms with Gasteiger partial charge in [0.25, 0.3) is 5.56 Å². The smallest absolute Gasteiger partial charge is 0.281 e. The van der Waals surface area contributed by atoms with Crippen LogP contribution in [0.25, 0.3) is 0 Å². The van der Waals surface area contributed by atoms with E-state index in [2.05, 4.69) is 10.2 Å². The van der Waals surface area contributed by atoms with Crippen molar-refractivity contribution in [3.63, 3.8) is 0 Å². The standard InChI is InChI=1S/C16H14Cl2N4O2/c1-8(2)22-15(23)11(7-19)9(3)14(16(22)24)21-20-13-6-10(17)4-5-12(13)18/h4-6,8,23H,1-3H3. The highest BCUT2D eigenvalue weighted by molar-refractivity contribution is 6.35. The third-order valence-electron chi connectivity index (χ3n) is 3.40. The van der Waals surface area contributed by atoms with Gasteiger partial charge in [-0.25, -0.2) is 0 Å². The van der Waals surface area contributed by atoms with E-state index in [0.717, 1.165) is 4.57 Å². The molecule has 2 rings (SSSR count). The molecule has 1 N–H and O–H groups in total. The summed E-state index contributed by atoms with van der Waals surface area (Å²) in [4.78, 5) is 12.6. The number of nitriles is 1. The minimum atomic E-state index is -0.541. The van der Waals surface area contributed by atoms with Gasteiger partial charge in [0, 0.05) is 16.6 Å². The molecule has 124 valence electrons. The Balaban J connectivity index is 2.69. The van der Waals surface area contributed by atoms with Crippen LogP contribution in [0.5, 0.6) is 5.88 Å². The summed E-state index contributed by atoms with van der Waals surface area (Å²) >= 11 is 11.9. The van der Waals surface area contributed by atoms with E-state index in [0.29, 0.717) is 15.7 Å². The number of azo groups is 1. The molecular weight excluding hydrogens is 351 g/mol. The minimum Gasteiger partial charge on any atom is -0.493 e. The van der Waals surface area contributed by atoms with E-state index in [9.17, 15) is 15.2 Å². The van der Waals surface area contributed by atoms with Gasteiger partial charge >= 0.3 is 0 Å². The first-order valence-corrected chi connectivity index (χ1v) is 7.78. The van der Waals surface area contributed by atoms with E-state index in [1.54, 1.807) is 26.0 Å². The van der Waals surface area contributed by atoms with Crippen LogP contribution in [0.1, 0.15) is 31.0 Å². The second kappa shape index (κ2) is 7.04. The molecule has 0 fully saturated rings. The summed E-state index contributed by atoms with van der Waals surface area (Å²) in [6.07, 6.45) is 0. The second-order valence-corrected chi connectivity index (χ2v) is 6.19. The Labute approximate surface area is 148 Å². The number of halogens is 2. The number of hydrogen-bond acceptors (Lipinski definition) is 5. The van der Waals surface area contributed by atoms with Gasteiger partial charge in [-0.3, -0.25) is 9.36 Å². The van der Waals surface area contributed by atoms with Crippen LogP contribution in [0.2, 0.25) is 10.0 Å². The summed E-state index contributed by atoms with van der Waals surface area (Å²) in [7, 11) is 0. The van der Waals surface area contributed by atoms with Gasteiger partial charge in [-0.05, 0) is 39.0 Å². The number of hydrogen-bond donors (Lipinski definition) is 1. The molecule has 0 saturated heterocycles. The summed E-state index contributed by atoms with van der Waals surface area (Å²) in [6, 6.07) is 6.21. The van der Waals surface area contributed by atoms with Crippen LogP contribution in [0.4, 0.5) is 11.4 Å². The molecular formula is C16H14Cl2N4O2. The van der Waals surface area contributed by atoms with Gasteiger partial charge < -0.3 is 5.11 Å². The molecule has 0 spiro atoms. The summed E-state index contributed by atoms with van der Waals surface area (Å²) in [6.45, 7) is 4.96. The maximum atomic E-state index is 12.6. The van der Waals surface area contributed by atoms with Crippen LogP contribution < -0.4 is 5.56 Å². The highest BCUT2D eigenvalue weighted by Crippen LogP contribution is 2.31. The van der Waals surface area contributed by atoms with Gasteiger partial charge in [0.15, 0.2) is 5.69 Å². The van der Waals surface area contributed by atoms with Crippen molar-refractivity contribution >= 4 is 34.6 Å². The van der Waals surface area contributed by atoms with E-state index in [1.807, 2.05) is 6.07 Å². The van der Waals surface area contributed by atoms with Gasteiger partial charge in [0.1, 0.15) is 17.3 Å². The van der Waals surface area contributed by atoms with Crippen molar-refractivity contribution in [2.75, 3.05) is 0 Å². The van der Waals surface area contributed by atoms with Gasteiger partial charge in [0.2, 0.25) is 5.88 Å². The second-order valence-electron chi connectivity index (χ2n) is 5.35. The van der Waals surface area contributed by atoms with Crippen LogP contribution in [0.15, 0.2) is 33.2 Å². The van der Waals surface area contributed by atoms with Crippen molar-refractivity contribution in [2.24, 2.45) is 10.2 Å². The normalized spacial score (nSPS) is 11.2. The Hall–Kier alpha value is -2.36. The molecule has 1 aromatic heterocycles. The number of benzene rings is 1. The summed E-state index contributed by atoms with van der Waals surface area (Å²) in [5.74, 6) is -0.380. The van der Waals surface area contributed by atoms with Crippen LogP contribution in [0, 0.1) is 18.3 Å². The first kappa shape index (κ1) is 18.0. The molecule has 8 heteroatoms. The van der Waals surface area contributed by atoms with Crippen LogP contribution in [-0.4, -0.2) is 9.67 Å². The summed E-state index contributed by atoms with van der Waals surface area (Å²) in [5.41, 5.74) is -0.0473. The molecule has 0 radical (unpaired) electrons. The molecule has 6 nitrogen and oxygen atoms in total. The monoisotopic (exact) mass is 364 g/mol. The maximum Gasteiger partial charge on any atom is 0.281 e. The van der Waals surface area contributed by atoms with E-state index >= 15 is 0 Å². The fourth-order valence-electron chi connectivity index (χ4n) is 2.17. The van der Waals surface area contributed by atoms with Crippen molar-refractivity contribution in [1.29, 1.82) is 5.26 Å². The van der Waals surface area contributed by atoms with Gasteiger partial charge in [-0.2, -0.15) is 5.26 Å². The van der Waals surface area contributed by atoms with Gasteiger partial charge in [-0.15, -0.1) is 10.2 Å². The quantitative estimate of drug-likeness (QED) is 0.773. The predicted octanol–water partition coefficient (Wildman–Crippen LogP) is 5.04. The molecule has 0 saturated carbocycles. The third-order valence-corrected chi connectivity index (χ3v) is 3.95. The number of aromatic nitrogens is 1. The van der Waals surface area contributed by atoms with Gasteiger partial charge in [-0.1, -0.05) is 23.2 Å². The van der Waals surface area contributed by atoms with Crippen molar-refractivity contribution in [1.82, 2.24) is 4.57 Å². The predicted molar refractivity (Wildman–Crippen MR) is 92.8 cm³/mol. The number of nitrogens with zero attached hydrogens (tertiary/aromatic N) is 4. The van der Waals surface area contributed by atoms with Gasteiger partial charge in [0.05, 0.1) is 5.02 Å². The minimum absolute atomic E-state index is 0.0190. The molecule has 0 bridgehead atoms. The lowest BCUT2D eigenvalue weighted by Gasteiger charge is -2.15. The van der Waals surface area contributed by atoms with Crippen LogP contribution in [0.3, 0.4) is 0 Å². The average Bonchev–Trinajstić information content (AvgIpc) is 2.50. The third kappa shape index (κ3) is 3.28. The fraction of sp³-hybridized carbons (Fsp3) is 0.250. The van der Waals surface area contributed by atoms with E-state index < -0.39 is 5.56 Å². The number of aromatic hydroxyl groups is 1. The molecule has 24 heavy (non-hydrogen) atoms. The zero-order chi connectivity index (χ0) is 18.0. The lowest BCUT2D eigenvalue weighted by atomic mass is 10.1. The molecule has 1 aromatic carbocycles. The van der Waals surface area contributed by atoms with Crippen molar-refractivity contribution < 1.29 is 5.11 Å². The zero-order valence-corrected chi connectivity index (χ0v) is 14.7. The topological polar surface area (TPSA) is 90.7 Å². The Morgan fingerprint density at radius 2 is 1.96 bits per heavy atom. The molecule has 0 amide bonds. The Morgan fingerprint density at radius 1 is 1.29 bits per heavy atom. The van der Waals surface area contributed by atoms with Crippen molar-refractivity contribution in [2.45, 2.75) is 26.8 Å². The van der Waals surface area contributed by atoms with E-state index in [-0.39, 0.29) is 28.7 Å². The first-order chi connectivity index (χ1) is 11.3. The molecule has 0 atom stereocenters. The van der Waals surface area contributed by atoms with E-state index in [1.165, 1.54) is 13.0 Å². The highest BCUT2D eigenvalue weighted by Gasteiger charge is 2.20. The number of pyridine rings is 1. The molecule has 0 aliphatic heterocycles. The molecule has 1 heterocycles. The van der Waals surface area contributed by atoms with Crippen molar-refractivity contribution in [3.05, 3.63) is 49.7 Å². The number of rotatable bonds is 3. The average molecular weight is 365 g/mol. The SMILES string of the molecule is Cc1c(C#N)c(O)n(C(C)C)c(=O)c1N=Nc1cc(Cl)ccc1Cl. The lowest BCUT2D eigenvalue weighted by Crippen LogP contribution is -2.23. The zero-order valence-electron chi connectivity index (χ0n) is 13.2. The Bertz CT molecular complexity index is 927. The Morgan fingerprint density at radius 3 is 2.54 bits per heavy atom. The fourth-order valence-corrected chi connectivity index (χ4v) is 2.50. The van der Waals surface area contributed by atoms with Crippen LogP contribution >= 0.6 is 23.2 Å². The highest BCUT2D eigenvalue weighted by atomic mass is 35.5. The maximum absolute atomic E-state index is 12.6. The summed E-state index contributed by atoms with van der Waals surface area (Å²) in [5, 5.41) is 28.1. The molecule has 0 aliphatic carbocycles. The molecule has 0 aliphatic rings. The lowest BCUT2D eigenvalue weighted by molar-refractivity contribution is 0.386.